The smallest absolute Gasteiger partial charge is 1.00 e. The van der Waals surface area contributed by atoms with E-state index in [9.17, 15) is 0 Å². The second-order valence-electron chi connectivity index (χ2n) is 14.6. The number of rotatable bonds is 5. The summed E-state index contributed by atoms with van der Waals surface area (Å²) in [7, 11) is -1.53. The van der Waals surface area contributed by atoms with Gasteiger partial charge in [-0.3, -0.25) is 4.79 Å². The van der Waals surface area contributed by atoms with E-state index in [0.29, 0.717) is 0 Å². The predicted octanol–water partition coefficient (Wildman–Crippen LogP) is 5.65. The van der Waals surface area contributed by atoms with Gasteiger partial charge in [-0.15, -0.1) is 24.3 Å². The van der Waals surface area contributed by atoms with Crippen LogP contribution in [0.5, 0.6) is 0 Å². The van der Waals surface area contributed by atoms with Crippen LogP contribution in [0.2, 0.25) is 19.6 Å². The Morgan fingerprint density at radius 1 is 0.525 bits per heavy atom. The Morgan fingerprint density at radius 2 is 0.770 bits per heavy atom. The minimum Gasteiger partial charge on any atom is -1.00 e. The SMILES string of the molecule is C.C#Cc1c(-c2ccc(C)cc2)ccc(-c2ccc(C)cc2)c1C#C.CC#Cc1c(-c2ccc(C)cc2)ccc(-c2ccc(C)cc2)c1C#C[Si](C)(C)C.O=CO[O-].[B].[H-].[K+].[K+]. The molecule has 0 fully saturated rings. The van der Waals surface area contributed by atoms with Gasteiger partial charge < -0.3 is 11.6 Å². The van der Waals surface area contributed by atoms with Crippen molar-refractivity contribution in [2.75, 3.05) is 0 Å². The molecule has 61 heavy (non-hydrogen) atoms. The number of aryl methyl sites for hydroxylation is 4. The van der Waals surface area contributed by atoms with E-state index in [0.717, 1.165) is 55.6 Å². The molecule has 0 unspecified atom stereocenters. The third kappa shape index (κ3) is 16.6. The van der Waals surface area contributed by atoms with Crippen LogP contribution in [0.15, 0.2) is 121 Å². The molecule has 6 aromatic rings. The fourth-order valence-electron chi connectivity index (χ4n) is 6.03. The van der Waals surface area contributed by atoms with Gasteiger partial charge in [0.25, 0.3) is 6.47 Å². The zero-order valence-corrected chi connectivity index (χ0v) is 43.8. The van der Waals surface area contributed by atoms with Crippen LogP contribution in [0.1, 0.15) is 60.3 Å². The Labute approximate surface area is 455 Å². The zero-order valence-electron chi connectivity index (χ0n) is 37.6. The fourth-order valence-corrected chi connectivity index (χ4v) is 6.53. The molecular formula is C54H52BK2O3Si. The quantitative estimate of drug-likeness (QED) is 0.0742. The molecule has 0 aliphatic carbocycles. The topological polar surface area (TPSA) is 49.4 Å². The van der Waals surface area contributed by atoms with Gasteiger partial charge in [-0.1, -0.05) is 194 Å². The molecule has 295 valence electrons. The Bertz CT molecular complexity index is 2480. The van der Waals surface area contributed by atoms with Crippen LogP contribution in [0.3, 0.4) is 0 Å². The summed E-state index contributed by atoms with van der Waals surface area (Å²) >= 11 is 0. The number of carbonyl (C=O) groups excluding carboxylic acids is 1. The minimum absolute atomic E-state index is 0. The first-order valence-electron chi connectivity index (χ1n) is 18.6. The summed E-state index contributed by atoms with van der Waals surface area (Å²) in [6.07, 6.45) is 11.6. The number of hydrogen-bond acceptors (Lipinski definition) is 3. The van der Waals surface area contributed by atoms with E-state index in [-0.39, 0.29) is 127 Å². The maximum atomic E-state index is 8.64. The Balaban J connectivity index is 0. The normalized spacial score (nSPS) is 9.30. The van der Waals surface area contributed by atoms with E-state index < -0.39 is 8.07 Å². The molecule has 0 saturated carbocycles. The van der Waals surface area contributed by atoms with Crippen LogP contribution in [-0.4, -0.2) is 23.0 Å². The van der Waals surface area contributed by atoms with Crippen LogP contribution in [0.4, 0.5) is 0 Å². The van der Waals surface area contributed by atoms with Gasteiger partial charge in [0.1, 0.15) is 8.07 Å². The van der Waals surface area contributed by atoms with Gasteiger partial charge in [0.05, 0.1) is 0 Å². The van der Waals surface area contributed by atoms with Crippen LogP contribution in [-0.2, 0) is 9.68 Å². The maximum Gasteiger partial charge on any atom is 1.00 e. The molecule has 7 heteroatoms. The van der Waals surface area contributed by atoms with Crippen molar-refractivity contribution in [2.45, 2.75) is 61.7 Å². The van der Waals surface area contributed by atoms with Crippen LogP contribution < -0.4 is 108 Å². The Morgan fingerprint density at radius 3 is 0.984 bits per heavy atom. The number of benzene rings is 6. The van der Waals surface area contributed by atoms with Gasteiger partial charge in [0.2, 0.25) is 0 Å². The molecule has 6 rings (SSSR count). The van der Waals surface area contributed by atoms with Crippen molar-refractivity contribution in [3.8, 4) is 92.5 Å². The van der Waals surface area contributed by atoms with Crippen molar-refractivity contribution in [2.24, 2.45) is 0 Å². The van der Waals surface area contributed by atoms with Gasteiger partial charge in [-0.2, -0.15) is 0 Å². The summed E-state index contributed by atoms with van der Waals surface area (Å²) in [6, 6.07) is 42.5. The predicted molar refractivity (Wildman–Crippen MR) is 253 cm³/mol. The average molecular weight is 866 g/mol. The summed E-state index contributed by atoms with van der Waals surface area (Å²) < 4.78 is 0. The molecule has 0 atom stereocenters. The summed E-state index contributed by atoms with van der Waals surface area (Å²) in [5, 5.41) is 8.43. The second kappa shape index (κ2) is 28.3. The van der Waals surface area contributed by atoms with Crippen molar-refractivity contribution in [3.05, 3.63) is 166 Å². The molecule has 6 aromatic carbocycles. The van der Waals surface area contributed by atoms with Crippen molar-refractivity contribution >= 4 is 23.0 Å². The summed E-state index contributed by atoms with van der Waals surface area (Å²) in [6.45, 7) is 16.9. The fraction of sp³-hybridized carbons (Fsp3) is 0.167. The third-order valence-corrected chi connectivity index (χ3v) is 9.88. The minimum atomic E-state index is -1.53. The number of carbonyl (C=O) groups is 1. The van der Waals surface area contributed by atoms with Gasteiger partial charge >= 0.3 is 103 Å². The summed E-state index contributed by atoms with van der Waals surface area (Å²) in [5.74, 6) is 15.7. The average Bonchev–Trinajstić information content (AvgIpc) is 3.21. The molecule has 0 heterocycles. The van der Waals surface area contributed by atoms with Crippen molar-refractivity contribution in [1.29, 1.82) is 0 Å². The first kappa shape index (κ1) is 57.5. The molecule has 0 aromatic heterocycles. The summed E-state index contributed by atoms with van der Waals surface area (Å²) in [5.41, 5.74) is 21.0. The second-order valence-corrected chi connectivity index (χ2v) is 19.4. The van der Waals surface area contributed by atoms with E-state index in [2.05, 4.69) is 209 Å². The van der Waals surface area contributed by atoms with E-state index in [1.807, 2.05) is 6.92 Å². The van der Waals surface area contributed by atoms with E-state index in [1.54, 1.807) is 0 Å². The zero-order chi connectivity index (χ0) is 41.5. The molecule has 0 N–H and O–H groups in total. The number of terminal acetylenes is 2. The van der Waals surface area contributed by atoms with E-state index in [1.165, 1.54) is 33.4 Å². The van der Waals surface area contributed by atoms with Crippen LogP contribution in [0, 0.1) is 75.7 Å². The van der Waals surface area contributed by atoms with E-state index >= 15 is 0 Å². The third-order valence-electron chi connectivity index (χ3n) is 9.00. The molecule has 0 amide bonds. The van der Waals surface area contributed by atoms with Gasteiger partial charge in [-0.25, -0.2) is 0 Å². The monoisotopic (exact) mass is 865 g/mol. The van der Waals surface area contributed by atoms with Crippen molar-refractivity contribution < 1.29 is 119 Å². The first-order chi connectivity index (χ1) is 27.3. The molecule has 3 radical (unpaired) electrons. The van der Waals surface area contributed by atoms with Crippen molar-refractivity contribution in [1.82, 2.24) is 0 Å². The van der Waals surface area contributed by atoms with Crippen LogP contribution in [0.25, 0.3) is 44.5 Å². The molecule has 0 aliphatic rings. The van der Waals surface area contributed by atoms with E-state index in [4.69, 9.17) is 22.9 Å². The molecule has 0 bridgehead atoms. The molecule has 0 saturated heterocycles. The Hall–Kier alpha value is -3.46. The molecule has 0 aliphatic heterocycles. The van der Waals surface area contributed by atoms with Gasteiger partial charge in [0.15, 0.2) is 0 Å². The van der Waals surface area contributed by atoms with Crippen LogP contribution >= 0.6 is 0 Å². The number of hydrogen-bond donors (Lipinski definition) is 0. The van der Waals surface area contributed by atoms with Gasteiger partial charge in [0, 0.05) is 30.7 Å². The standard InChI is InChI=1S/C28H28Si.C24H18.CH2O3.CH4.B.2K.H/c1-7-8-27-25(23-13-9-21(2)10-14-23)17-18-26(24-15-11-22(3)12-16-24)28(27)19-20-29(4,5)6;1-5-21-22(6-2)24(20-13-9-18(4)10-14-20)16-15-23(21)19-11-7-17(3)8-12-19;2-1-4-3;;;;;/h9-18H,1-6H3;1-2,7-16H,3-4H3;1,3H;1H4;;;;/q;;;;;2*+1;-1/p-1. The molecule has 3 nitrogen and oxygen atoms in total. The molecule has 0 spiro atoms. The Kier molecular flexibility index (Phi) is 26.7. The largest absolute Gasteiger partial charge is 1.00 e. The summed E-state index contributed by atoms with van der Waals surface area (Å²) in [4.78, 5) is 11.2. The van der Waals surface area contributed by atoms with Gasteiger partial charge in [-0.05, 0) is 79.1 Å². The maximum absolute atomic E-state index is 8.64. The molecular weight excluding hydrogens is 814 g/mol. The van der Waals surface area contributed by atoms with Crippen molar-refractivity contribution in [3.63, 3.8) is 0 Å². The first-order valence-corrected chi connectivity index (χ1v) is 22.1.